The van der Waals surface area contributed by atoms with Crippen LogP contribution in [-0.2, 0) is 0 Å². The highest BCUT2D eigenvalue weighted by atomic mass is 32.1. The molecule has 0 amide bonds. The topological polar surface area (TPSA) is 56.0 Å². The van der Waals surface area contributed by atoms with Crippen LogP contribution in [0.5, 0.6) is 17.4 Å². The van der Waals surface area contributed by atoms with E-state index in [0.29, 0.717) is 20.3 Å². The minimum Gasteiger partial charge on any atom is -0.493 e. The molecule has 0 aliphatic carbocycles. The summed E-state index contributed by atoms with van der Waals surface area (Å²) in [5.74, 6) is 1.44. The van der Waals surface area contributed by atoms with Crippen molar-refractivity contribution in [3.05, 3.63) is 56.9 Å². The number of aromatic nitrogens is 1. The maximum Gasteiger partial charge on any atom is 0.231 e. The first-order valence-electron chi connectivity index (χ1n) is 8.33. The molecular weight excluding hydrogens is 380 g/mol. The van der Waals surface area contributed by atoms with E-state index in [1.54, 1.807) is 4.57 Å². The Morgan fingerprint density at radius 2 is 2.00 bits per heavy atom. The zero-order valence-corrected chi connectivity index (χ0v) is 15.9. The second-order valence-electron chi connectivity index (χ2n) is 6.20. The highest BCUT2D eigenvalue weighted by Gasteiger charge is 2.21. The third kappa shape index (κ3) is 2.58. The molecule has 2 aliphatic rings. The van der Waals surface area contributed by atoms with Gasteiger partial charge in [-0.05, 0) is 43.4 Å². The van der Waals surface area contributed by atoms with Crippen molar-refractivity contribution < 1.29 is 14.6 Å². The van der Waals surface area contributed by atoms with E-state index >= 15 is 0 Å². The van der Waals surface area contributed by atoms with Gasteiger partial charge < -0.3 is 14.6 Å². The Hall–Kier alpha value is -2.90. The van der Waals surface area contributed by atoms with Crippen molar-refractivity contribution in [2.75, 3.05) is 6.79 Å². The summed E-state index contributed by atoms with van der Waals surface area (Å²) >= 11 is 6.87. The molecule has 0 atom stereocenters. The van der Waals surface area contributed by atoms with Gasteiger partial charge in [-0.15, -0.1) is 11.3 Å². The molecule has 1 N–H and O–H groups in total. The lowest BCUT2D eigenvalue weighted by Crippen LogP contribution is -1.94. The van der Waals surface area contributed by atoms with Gasteiger partial charge in [-0.1, -0.05) is 18.2 Å². The van der Waals surface area contributed by atoms with Crippen LogP contribution in [0.2, 0.25) is 0 Å². The number of rotatable bonds is 2. The number of benzene rings is 2. The van der Waals surface area contributed by atoms with Crippen molar-refractivity contribution in [1.82, 2.24) is 4.57 Å². The van der Waals surface area contributed by atoms with Crippen LogP contribution in [0.25, 0.3) is 17.3 Å². The molecule has 0 unspecified atom stereocenters. The number of aromatic hydroxyl groups is 1. The van der Waals surface area contributed by atoms with Crippen LogP contribution >= 0.6 is 23.6 Å². The molecule has 7 heteroatoms. The molecule has 0 spiro atoms. The highest BCUT2D eigenvalue weighted by molar-refractivity contribution is 7.73. The molecule has 3 heterocycles. The SMILES string of the molecule is CC1=Nc2ccccc2/C1=C/c1sc(=S)n(-c2ccc3c(c2)OCO3)c1O. The Balaban J connectivity index is 1.62. The molecule has 1 aromatic heterocycles. The molecule has 0 saturated heterocycles. The molecule has 2 aromatic carbocycles. The van der Waals surface area contributed by atoms with Crippen LogP contribution in [0, 0.1) is 3.95 Å². The monoisotopic (exact) mass is 394 g/mol. The lowest BCUT2D eigenvalue weighted by atomic mass is 10.0. The first kappa shape index (κ1) is 16.3. The first-order chi connectivity index (χ1) is 13.1. The van der Waals surface area contributed by atoms with E-state index in [0.717, 1.165) is 28.2 Å². The van der Waals surface area contributed by atoms with Crippen LogP contribution in [-0.4, -0.2) is 22.2 Å². The number of aliphatic imine (C=N–C) groups is 1. The van der Waals surface area contributed by atoms with Gasteiger partial charge >= 0.3 is 0 Å². The molecule has 3 aromatic rings. The smallest absolute Gasteiger partial charge is 0.231 e. The summed E-state index contributed by atoms with van der Waals surface area (Å²) < 4.78 is 13.0. The second kappa shape index (κ2) is 6.07. The summed E-state index contributed by atoms with van der Waals surface area (Å²) in [5.41, 5.74) is 4.65. The van der Waals surface area contributed by atoms with Crippen molar-refractivity contribution in [3.8, 4) is 23.1 Å². The van der Waals surface area contributed by atoms with Crippen molar-refractivity contribution >= 4 is 46.6 Å². The molecular formula is C20H14N2O3S2. The zero-order valence-electron chi connectivity index (χ0n) is 14.3. The fraction of sp³-hybridized carbons (Fsp3) is 0.100. The molecule has 5 nitrogen and oxygen atoms in total. The molecule has 2 aliphatic heterocycles. The first-order valence-corrected chi connectivity index (χ1v) is 9.56. The van der Waals surface area contributed by atoms with Gasteiger partial charge in [0.1, 0.15) is 0 Å². The maximum atomic E-state index is 10.9. The number of allylic oxidation sites excluding steroid dienone is 1. The predicted octanol–water partition coefficient (Wildman–Crippen LogP) is 5.35. The largest absolute Gasteiger partial charge is 0.493 e. The molecule has 27 heavy (non-hydrogen) atoms. The number of para-hydroxylation sites is 1. The summed E-state index contributed by atoms with van der Waals surface area (Å²) in [6.07, 6.45) is 1.95. The number of hydrogen-bond donors (Lipinski definition) is 1. The standard InChI is InChI=1S/C20H14N2O3S2/c1-11-14(13-4-2-3-5-15(13)21-11)9-18-19(23)22(20(26)27-18)12-6-7-16-17(8-12)25-10-24-16/h2-9,23H,10H2,1H3/b14-9+. The second-order valence-corrected chi connectivity index (χ2v) is 7.88. The van der Waals surface area contributed by atoms with Gasteiger partial charge in [-0.2, -0.15) is 0 Å². The van der Waals surface area contributed by atoms with Crippen molar-refractivity contribution in [1.29, 1.82) is 0 Å². The van der Waals surface area contributed by atoms with E-state index in [4.69, 9.17) is 21.7 Å². The number of nitrogens with zero attached hydrogens (tertiary/aromatic N) is 2. The van der Waals surface area contributed by atoms with Gasteiger partial charge in [-0.25, -0.2) is 0 Å². The van der Waals surface area contributed by atoms with E-state index in [9.17, 15) is 5.11 Å². The molecule has 0 fully saturated rings. The average molecular weight is 394 g/mol. The number of hydrogen-bond acceptors (Lipinski definition) is 6. The van der Waals surface area contributed by atoms with E-state index < -0.39 is 0 Å². The molecule has 0 radical (unpaired) electrons. The Kier molecular flexibility index (Phi) is 3.66. The van der Waals surface area contributed by atoms with E-state index in [-0.39, 0.29) is 12.7 Å². The summed E-state index contributed by atoms with van der Waals surface area (Å²) in [6.45, 7) is 2.17. The van der Waals surface area contributed by atoms with E-state index in [1.165, 1.54) is 11.3 Å². The third-order valence-electron chi connectivity index (χ3n) is 4.57. The Morgan fingerprint density at radius 1 is 1.19 bits per heavy atom. The minimum atomic E-state index is 0.105. The van der Waals surface area contributed by atoms with Crippen LogP contribution in [0.1, 0.15) is 17.4 Å². The zero-order chi connectivity index (χ0) is 18.5. The Labute approximate surface area is 164 Å². The minimum absolute atomic E-state index is 0.105. The number of thiazole rings is 1. The average Bonchev–Trinajstić information content (AvgIpc) is 3.32. The fourth-order valence-electron chi connectivity index (χ4n) is 3.28. The van der Waals surface area contributed by atoms with Crippen LogP contribution in [0.15, 0.2) is 47.5 Å². The van der Waals surface area contributed by atoms with Gasteiger partial charge in [0, 0.05) is 22.9 Å². The lowest BCUT2D eigenvalue weighted by molar-refractivity contribution is 0.174. The van der Waals surface area contributed by atoms with Crippen molar-refractivity contribution in [2.45, 2.75) is 6.92 Å². The molecule has 0 saturated carbocycles. The predicted molar refractivity (Wildman–Crippen MR) is 109 cm³/mol. The number of ether oxygens (including phenoxy) is 2. The van der Waals surface area contributed by atoms with E-state index in [2.05, 4.69) is 4.99 Å². The Bertz CT molecular complexity index is 1200. The summed E-state index contributed by atoms with van der Waals surface area (Å²) in [7, 11) is 0. The van der Waals surface area contributed by atoms with Gasteiger partial charge in [0.05, 0.1) is 16.3 Å². The van der Waals surface area contributed by atoms with Gasteiger partial charge in [0.25, 0.3) is 0 Å². The Morgan fingerprint density at radius 3 is 2.89 bits per heavy atom. The quantitative estimate of drug-likeness (QED) is 0.596. The van der Waals surface area contributed by atoms with Gasteiger partial charge in [0.15, 0.2) is 15.5 Å². The summed E-state index contributed by atoms with van der Waals surface area (Å²) in [5, 5.41) is 10.9. The van der Waals surface area contributed by atoms with Crippen LogP contribution < -0.4 is 9.47 Å². The van der Waals surface area contributed by atoms with Crippen LogP contribution in [0.3, 0.4) is 0 Å². The van der Waals surface area contributed by atoms with Gasteiger partial charge in [-0.3, -0.25) is 9.56 Å². The van der Waals surface area contributed by atoms with Crippen LogP contribution in [0.4, 0.5) is 5.69 Å². The van der Waals surface area contributed by atoms with Gasteiger partial charge in [0.2, 0.25) is 12.7 Å². The molecule has 0 bridgehead atoms. The summed E-state index contributed by atoms with van der Waals surface area (Å²) in [4.78, 5) is 5.29. The maximum absolute atomic E-state index is 10.9. The van der Waals surface area contributed by atoms with Crippen molar-refractivity contribution in [3.63, 3.8) is 0 Å². The fourth-order valence-corrected chi connectivity index (χ4v) is 4.57. The molecule has 134 valence electrons. The summed E-state index contributed by atoms with van der Waals surface area (Å²) in [6, 6.07) is 13.5. The highest BCUT2D eigenvalue weighted by Crippen LogP contribution is 2.40. The van der Waals surface area contributed by atoms with Crippen molar-refractivity contribution in [2.24, 2.45) is 4.99 Å². The van der Waals surface area contributed by atoms with E-state index in [1.807, 2.05) is 55.5 Å². The number of fused-ring (bicyclic) bond motifs is 2. The third-order valence-corrected chi connectivity index (χ3v) is 5.88. The lowest BCUT2D eigenvalue weighted by Gasteiger charge is -2.06. The normalized spacial score (nSPS) is 15.9. The molecule has 5 rings (SSSR count).